The van der Waals surface area contributed by atoms with Crippen LogP contribution in [0.2, 0.25) is 0 Å². The van der Waals surface area contributed by atoms with Crippen molar-refractivity contribution in [1.29, 1.82) is 0 Å². The van der Waals surface area contributed by atoms with Crippen molar-refractivity contribution in [2.24, 2.45) is 5.73 Å². The molecule has 4 nitrogen and oxygen atoms in total. The molecule has 0 aliphatic heterocycles. The summed E-state index contributed by atoms with van der Waals surface area (Å²) < 4.78 is 0.587. The van der Waals surface area contributed by atoms with E-state index in [1.807, 2.05) is 0 Å². The van der Waals surface area contributed by atoms with E-state index < -0.39 is 12.0 Å². The highest BCUT2D eigenvalue weighted by molar-refractivity contribution is 9.10. The van der Waals surface area contributed by atoms with Gasteiger partial charge >= 0.3 is 5.97 Å². The highest BCUT2D eigenvalue weighted by atomic mass is 79.9. The van der Waals surface area contributed by atoms with Gasteiger partial charge in [0.2, 0.25) is 0 Å². The number of aromatic carboxylic acids is 1. The Balaban J connectivity index is 0.00000256. The van der Waals surface area contributed by atoms with Crippen LogP contribution < -0.4 is 5.73 Å². The molecule has 0 fully saturated rings. The van der Waals surface area contributed by atoms with Gasteiger partial charge in [-0.1, -0.05) is 22.0 Å². The van der Waals surface area contributed by atoms with Gasteiger partial charge in [-0.05, 0) is 18.6 Å². The topological polar surface area (TPSA) is 83.6 Å². The number of halogens is 2. The minimum Gasteiger partial charge on any atom is -0.507 e. The second-order valence-electron chi connectivity index (χ2n) is 3.29. The van der Waals surface area contributed by atoms with Crippen molar-refractivity contribution in [1.82, 2.24) is 0 Å². The molecular formula is C11H13BrClNO3. The number of phenols is 1. The van der Waals surface area contributed by atoms with Crippen LogP contribution in [0.4, 0.5) is 0 Å². The van der Waals surface area contributed by atoms with Gasteiger partial charge in [0.25, 0.3) is 0 Å². The van der Waals surface area contributed by atoms with Gasteiger partial charge in [0.1, 0.15) is 11.3 Å². The minimum atomic E-state index is -1.18. The lowest BCUT2D eigenvalue weighted by molar-refractivity contribution is 0.0693. The summed E-state index contributed by atoms with van der Waals surface area (Å²) in [6.45, 7) is 3.55. The number of nitrogens with two attached hydrogens (primary N) is 1. The first-order valence-corrected chi connectivity index (χ1v) is 5.39. The normalized spacial score (nSPS) is 11.4. The van der Waals surface area contributed by atoms with E-state index in [2.05, 4.69) is 22.5 Å². The smallest absolute Gasteiger partial charge is 0.339 e. The molecule has 0 aromatic heterocycles. The standard InChI is InChI=1S/C11H12BrNO3.ClH/c1-2-3-8(13)9-7(12)5-4-6(10(9)14)11(15)16;/h2,4-5,8,14H,1,3,13H2,(H,15,16);1H/t8-;/m1./s1. The molecular weight excluding hydrogens is 309 g/mol. The van der Waals surface area contributed by atoms with Crippen molar-refractivity contribution in [3.05, 3.63) is 40.4 Å². The highest BCUT2D eigenvalue weighted by Crippen LogP contribution is 2.35. The first-order chi connectivity index (χ1) is 7.49. The Kier molecular flexibility index (Phi) is 6.23. The number of aromatic hydroxyl groups is 1. The maximum Gasteiger partial charge on any atom is 0.339 e. The summed E-state index contributed by atoms with van der Waals surface area (Å²) in [5, 5.41) is 18.7. The molecule has 0 spiro atoms. The zero-order valence-electron chi connectivity index (χ0n) is 8.89. The fraction of sp³-hybridized carbons (Fsp3) is 0.182. The molecule has 4 N–H and O–H groups in total. The van der Waals surface area contributed by atoms with Gasteiger partial charge < -0.3 is 15.9 Å². The van der Waals surface area contributed by atoms with Crippen LogP contribution in [0.25, 0.3) is 0 Å². The van der Waals surface area contributed by atoms with Crippen LogP contribution >= 0.6 is 28.3 Å². The molecule has 0 aliphatic carbocycles. The zero-order valence-corrected chi connectivity index (χ0v) is 11.3. The molecule has 0 amide bonds. The summed E-state index contributed by atoms with van der Waals surface area (Å²) in [6.07, 6.45) is 2.07. The van der Waals surface area contributed by atoms with E-state index in [-0.39, 0.29) is 23.7 Å². The number of hydrogen-bond acceptors (Lipinski definition) is 3. The van der Waals surface area contributed by atoms with Crippen molar-refractivity contribution in [3.63, 3.8) is 0 Å². The Labute approximate surface area is 114 Å². The first-order valence-electron chi connectivity index (χ1n) is 4.60. The van der Waals surface area contributed by atoms with Gasteiger partial charge in [-0.15, -0.1) is 19.0 Å². The highest BCUT2D eigenvalue weighted by Gasteiger charge is 2.19. The lowest BCUT2D eigenvalue weighted by Crippen LogP contribution is -2.12. The van der Waals surface area contributed by atoms with E-state index >= 15 is 0 Å². The van der Waals surface area contributed by atoms with Crippen LogP contribution in [-0.2, 0) is 0 Å². The average Bonchev–Trinajstić information content (AvgIpc) is 2.17. The Morgan fingerprint density at radius 3 is 2.65 bits per heavy atom. The van der Waals surface area contributed by atoms with Crippen LogP contribution in [-0.4, -0.2) is 16.2 Å². The Bertz CT molecular complexity index is 437. The van der Waals surface area contributed by atoms with Crippen molar-refractivity contribution >= 4 is 34.3 Å². The minimum absolute atomic E-state index is 0. The van der Waals surface area contributed by atoms with E-state index in [1.165, 1.54) is 6.07 Å². The Hall–Kier alpha value is -1.04. The van der Waals surface area contributed by atoms with Crippen molar-refractivity contribution in [3.8, 4) is 5.75 Å². The lowest BCUT2D eigenvalue weighted by atomic mass is 10.0. The molecule has 0 heterocycles. The van der Waals surface area contributed by atoms with Crippen LogP contribution in [0.5, 0.6) is 5.75 Å². The van der Waals surface area contributed by atoms with Crippen molar-refractivity contribution in [2.75, 3.05) is 0 Å². The van der Waals surface area contributed by atoms with E-state index in [1.54, 1.807) is 12.1 Å². The SMILES string of the molecule is C=CC[C@@H](N)c1c(Br)ccc(C(=O)O)c1O.Cl. The molecule has 6 heteroatoms. The number of carboxylic acid groups (broad SMARTS) is 1. The molecule has 0 radical (unpaired) electrons. The maximum atomic E-state index is 10.8. The summed E-state index contributed by atoms with van der Waals surface area (Å²) in [5.74, 6) is -1.48. The van der Waals surface area contributed by atoms with Gasteiger partial charge in [0, 0.05) is 16.1 Å². The third kappa shape index (κ3) is 3.46. The molecule has 0 aliphatic rings. The summed E-state index contributed by atoms with van der Waals surface area (Å²) in [5.41, 5.74) is 6.06. The first kappa shape index (κ1) is 16.0. The Morgan fingerprint density at radius 2 is 2.18 bits per heavy atom. The fourth-order valence-electron chi connectivity index (χ4n) is 1.41. The van der Waals surface area contributed by atoms with E-state index in [0.29, 0.717) is 16.5 Å². The number of rotatable bonds is 4. The number of carboxylic acids is 1. The molecule has 0 bridgehead atoms. The molecule has 0 saturated carbocycles. The monoisotopic (exact) mass is 321 g/mol. The number of carbonyl (C=O) groups is 1. The van der Waals surface area contributed by atoms with E-state index in [4.69, 9.17) is 10.8 Å². The predicted molar refractivity (Wildman–Crippen MR) is 71.8 cm³/mol. The van der Waals surface area contributed by atoms with Crippen LogP contribution in [0.3, 0.4) is 0 Å². The van der Waals surface area contributed by atoms with Gasteiger partial charge in [0.15, 0.2) is 0 Å². The molecule has 94 valence electrons. The third-order valence-corrected chi connectivity index (χ3v) is 2.88. The average molecular weight is 323 g/mol. The lowest BCUT2D eigenvalue weighted by Gasteiger charge is -2.15. The predicted octanol–water partition coefficient (Wildman–Crippen LogP) is 2.85. The quantitative estimate of drug-likeness (QED) is 0.744. The van der Waals surface area contributed by atoms with Crippen molar-refractivity contribution < 1.29 is 15.0 Å². The fourth-order valence-corrected chi connectivity index (χ4v) is 2.02. The molecule has 1 rings (SSSR count). The van der Waals surface area contributed by atoms with Crippen LogP contribution in [0, 0.1) is 0 Å². The third-order valence-electron chi connectivity index (χ3n) is 2.19. The molecule has 0 unspecified atom stereocenters. The summed E-state index contributed by atoms with van der Waals surface area (Å²) in [7, 11) is 0. The van der Waals surface area contributed by atoms with Gasteiger partial charge in [-0.3, -0.25) is 0 Å². The largest absolute Gasteiger partial charge is 0.507 e. The number of benzene rings is 1. The second kappa shape index (κ2) is 6.64. The zero-order chi connectivity index (χ0) is 12.3. The number of hydrogen-bond donors (Lipinski definition) is 3. The summed E-state index contributed by atoms with van der Waals surface area (Å²) in [6, 6.07) is 2.40. The summed E-state index contributed by atoms with van der Waals surface area (Å²) in [4.78, 5) is 10.8. The van der Waals surface area contributed by atoms with Crippen LogP contribution in [0.1, 0.15) is 28.4 Å². The molecule has 0 saturated heterocycles. The maximum absolute atomic E-state index is 10.8. The van der Waals surface area contributed by atoms with E-state index in [9.17, 15) is 9.90 Å². The molecule has 1 aromatic rings. The van der Waals surface area contributed by atoms with E-state index in [0.717, 1.165) is 0 Å². The van der Waals surface area contributed by atoms with Gasteiger partial charge in [0.05, 0.1) is 0 Å². The van der Waals surface area contributed by atoms with Crippen LogP contribution in [0.15, 0.2) is 29.3 Å². The molecule has 1 atom stereocenters. The van der Waals surface area contributed by atoms with Crippen molar-refractivity contribution in [2.45, 2.75) is 12.5 Å². The van der Waals surface area contributed by atoms with Gasteiger partial charge in [-0.25, -0.2) is 4.79 Å². The Morgan fingerprint density at radius 1 is 1.59 bits per heavy atom. The molecule has 17 heavy (non-hydrogen) atoms. The summed E-state index contributed by atoms with van der Waals surface area (Å²) >= 11 is 3.23. The molecule has 1 aromatic carbocycles. The second-order valence-corrected chi connectivity index (χ2v) is 4.15. The van der Waals surface area contributed by atoms with Gasteiger partial charge in [-0.2, -0.15) is 0 Å².